The van der Waals surface area contributed by atoms with Crippen molar-refractivity contribution in [2.24, 2.45) is 0 Å². The van der Waals surface area contributed by atoms with Gasteiger partial charge in [0.05, 0.1) is 23.7 Å². The van der Waals surface area contributed by atoms with E-state index in [0.717, 1.165) is 0 Å². The topological polar surface area (TPSA) is 124 Å². The van der Waals surface area contributed by atoms with Gasteiger partial charge < -0.3 is 11.5 Å². The van der Waals surface area contributed by atoms with Crippen LogP contribution < -0.4 is 11.5 Å². The summed E-state index contributed by atoms with van der Waals surface area (Å²) in [5.74, 6) is -0.0225. The molecule has 1 atom stereocenters. The van der Waals surface area contributed by atoms with Crippen LogP contribution in [0, 0.1) is 0 Å². The fourth-order valence-corrected chi connectivity index (χ4v) is 1.82. The van der Waals surface area contributed by atoms with Crippen LogP contribution in [0.4, 0.5) is 11.5 Å². The Balaban J connectivity index is 2.70. The lowest BCUT2D eigenvalue weighted by Crippen LogP contribution is -2.15. The van der Waals surface area contributed by atoms with E-state index in [1.807, 2.05) is 0 Å². The number of nitrogens with two attached hydrogens (primary N) is 2. The molecule has 1 rings (SSSR count). The van der Waals surface area contributed by atoms with E-state index in [4.69, 9.17) is 16.0 Å². The molecule has 15 heavy (non-hydrogen) atoms. The van der Waals surface area contributed by atoms with E-state index < -0.39 is 10.1 Å². The quantitative estimate of drug-likeness (QED) is 0.624. The summed E-state index contributed by atoms with van der Waals surface area (Å²) < 4.78 is 31.1. The molecule has 0 bridgehead atoms. The summed E-state index contributed by atoms with van der Waals surface area (Å²) in [4.78, 5) is 0. The molecule has 0 aromatic carbocycles. The van der Waals surface area contributed by atoms with Crippen molar-refractivity contribution in [2.75, 3.05) is 17.2 Å². The Labute approximate surface area is 87.8 Å². The summed E-state index contributed by atoms with van der Waals surface area (Å²) in [5.41, 5.74) is 11.4. The first-order valence-corrected chi connectivity index (χ1v) is 5.96. The van der Waals surface area contributed by atoms with Gasteiger partial charge >= 0.3 is 0 Å². The highest BCUT2D eigenvalue weighted by molar-refractivity contribution is 7.85. The van der Waals surface area contributed by atoms with Gasteiger partial charge in [-0.2, -0.15) is 13.5 Å². The van der Waals surface area contributed by atoms with Gasteiger partial charge in [0.25, 0.3) is 10.1 Å². The van der Waals surface area contributed by atoms with E-state index in [1.54, 1.807) is 6.92 Å². The summed E-state index contributed by atoms with van der Waals surface area (Å²) in [6.07, 6.45) is 1.63. The van der Waals surface area contributed by atoms with E-state index in [9.17, 15) is 8.42 Å². The average molecular weight is 234 g/mol. The van der Waals surface area contributed by atoms with E-state index >= 15 is 0 Å². The van der Waals surface area contributed by atoms with Gasteiger partial charge in [0.1, 0.15) is 5.82 Å². The molecule has 1 aromatic rings. The Kier molecular flexibility index (Phi) is 3.20. The lowest BCUT2D eigenvalue weighted by Gasteiger charge is -2.12. The molecular formula is C7H14N4O3S. The third kappa shape index (κ3) is 3.10. The molecule has 7 nitrogen and oxygen atoms in total. The van der Waals surface area contributed by atoms with Crippen LogP contribution in [0.5, 0.6) is 0 Å². The van der Waals surface area contributed by atoms with Crippen molar-refractivity contribution in [2.45, 2.75) is 19.4 Å². The Hall–Kier alpha value is -1.28. The van der Waals surface area contributed by atoms with Gasteiger partial charge in [-0.3, -0.25) is 4.55 Å². The van der Waals surface area contributed by atoms with Crippen molar-refractivity contribution in [1.82, 2.24) is 9.78 Å². The summed E-state index contributed by atoms with van der Waals surface area (Å²) in [6.45, 7) is 1.74. The maximum absolute atomic E-state index is 10.5. The van der Waals surface area contributed by atoms with Gasteiger partial charge in [-0.05, 0) is 13.3 Å². The monoisotopic (exact) mass is 234 g/mol. The molecule has 0 fully saturated rings. The fraction of sp³-hybridized carbons (Fsp3) is 0.571. The Morgan fingerprint density at radius 1 is 1.60 bits per heavy atom. The highest BCUT2D eigenvalue weighted by Gasteiger charge is 2.14. The maximum atomic E-state index is 10.5. The second-order valence-electron chi connectivity index (χ2n) is 3.35. The third-order valence-electron chi connectivity index (χ3n) is 2.07. The number of hydrogen-bond donors (Lipinski definition) is 3. The normalized spacial score (nSPS) is 14.0. The molecule has 8 heteroatoms. The molecule has 0 spiro atoms. The molecule has 86 valence electrons. The van der Waals surface area contributed by atoms with Crippen molar-refractivity contribution in [1.29, 1.82) is 0 Å². The molecule has 0 amide bonds. The van der Waals surface area contributed by atoms with Crippen molar-refractivity contribution < 1.29 is 13.0 Å². The molecular weight excluding hydrogens is 220 g/mol. The highest BCUT2D eigenvalue weighted by atomic mass is 32.2. The first-order chi connectivity index (χ1) is 6.81. The predicted molar refractivity (Wildman–Crippen MR) is 56.8 cm³/mol. The zero-order valence-electron chi connectivity index (χ0n) is 8.29. The van der Waals surface area contributed by atoms with Gasteiger partial charge in [-0.25, -0.2) is 4.68 Å². The second kappa shape index (κ2) is 4.07. The standard InChI is InChI=1S/C7H14N4O3S/c1-5(2-3-15(12,13)14)11-7(9)6(8)4-10-11/h4-5H,2-3,8-9H2,1H3,(H,12,13,14). The Morgan fingerprint density at radius 2 is 2.20 bits per heavy atom. The molecule has 5 N–H and O–H groups in total. The predicted octanol–water partition coefficient (Wildman–Crippen LogP) is -0.114. The molecule has 0 aliphatic heterocycles. The Morgan fingerprint density at radius 3 is 2.60 bits per heavy atom. The molecule has 1 unspecified atom stereocenters. The Bertz CT molecular complexity index is 439. The number of hydrogen-bond acceptors (Lipinski definition) is 5. The zero-order chi connectivity index (χ0) is 11.6. The van der Waals surface area contributed by atoms with Gasteiger partial charge in [-0.1, -0.05) is 0 Å². The first kappa shape index (κ1) is 11.8. The van der Waals surface area contributed by atoms with Crippen LogP contribution in [0.3, 0.4) is 0 Å². The number of nitrogens with zero attached hydrogens (tertiary/aromatic N) is 2. The van der Waals surface area contributed by atoms with Crippen LogP contribution in [0.2, 0.25) is 0 Å². The summed E-state index contributed by atoms with van der Waals surface area (Å²) in [5, 5.41) is 3.91. The average Bonchev–Trinajstić information content (AvgIpc) is 2.43. The van der Waals surface area contributed by atoms with Crippen molar-refractivity contribution in [3.05, 3.63) is 6.20 Å². The van der Waals surface area contributed by atoms with Gasteiger partial charge in [0, 0.05) is 0 Å². The van der Waals surface area contributed by atoms with Crippen LogP contribution in [-0.2, 0) is 10.1 Å². The van der Waals surface area contributed by atoms with E-state index in [1.165, 1.54) is 10.9 Å². The number of anilines is 2. The minimum Gasteiger partial charge on any atom is -0.394 e. The fourth-order valence-electron chi connectivity index (χ4n) is 1.18. The van der Waals surface area contributed by atoms with Crippen LogP contribution in [0.25, 0.3) is 0 Å². The smallest absolute Gasteiger partial charge is 0.264 e. The van der Waals surface area contributed by atoms with Crippen molar-refractivity contribution in [3.63, 3.8) is 0 Å². The van der Waals surface area contributed by atoms with Crippen LogP contribution >= 0.6 is 0 Å². The zero-order valence-corrected chi connectivity index (χ0v) is 9.11. The van der Waals surface area contributed by atoms with E-state index in [2.05, 4.69) is 5.10 Å². The summed E-state index contributed by atoms with van der Waals surface area (Å²) in [7, 11) is -3.95. The lowest BCUT2D eigenvalue weighted by atomic mass is 10.3. The van der Waals surface area contributed by atoms with Gasteiger partial charge in [0.15, 0.2) is 0 Å². The van der Waals surface area contributed by atoms with Crippen LogP contribution in [0.1, 0.15) is 19.4 Å². The molecule has 0 radical (unpaired) electrons. The van der Waals surface area contributed by atoms with Gasteiger partial charge in [-0.15, -0.1) is 0 Å². The van der Waals surface area contributed by atoms with Crippen molar-refractivity contribution >= 4 is 21.6 Å². The number of aromatic nitrogens is 2. The summed E-state index contributed by atoms with van der Waals surface area (Å²) in [6, 6.07) is -0.232. The van der Waals surface area contributed by atoms with E-state index in [-0.39, 0.29) is 18.2 Å². The van der Waals surface area contributed by atoms with Crippen molar-refractivity contribution in [3.8, 4) is 0 Å². The first-order valence-electron chi connectivity index (χ1n) is 4.35. The minimum absolute atomic E-state index is 0.226. The number of rotatable bonds is 4. The number of nitrogen functional groups attached to an aromatic ring is 2. The van der Waals surface area contributed by atoms with Crippen LogP contribution in [0.15, 0.2) is 6.20 Å². The molecule has 0 saturated carbocycles. The molecule has 0 aliphatic rings. The third-order valence-corrected chi connectivity index (χ3v) is 2.83. The minimum atomic E-state index is -3.95. The lowest BCUT2D eigenvalue weighted by molar-refractivity contribution is 0.453. The van der Waals surface area contributed by atoms with Crippen LogP contribution in [-0.4, -0.2) is 28.5 Å². The van der Waals surface area contributed by atoms with Gasteiger partial charge in [0.2, 0.25) is 0 Å². The largest absolute Gasteiger partial charge is 0.394 e. The maximum Gasteiger partial charge on any atom is 0.264 e. The second-order valence-corrected chi connectivity index (χ2v) is 4.93. The molecule has 0 saturated heterocycles. The molecule has 1 aromatic heterocycles. The van der Waals surface area contributed by atoms with E-state index in [0.29, 0.717) is 11.5 Å². The molecule has 1 heterocycles. The molecule has 0 aliphatic carbocycles. The summed E-state index contributed by atoms with van der Waals surface area (Å²) >= 11 is 0. The SMILES string of the molecule is CC(CCS(=O)(=O)O)n1ncc(N)c1N. The highest BCUT2D eigenvalue weighted by Crippen LogP contribution is 2.20.